The van der Waals surface area contributed by atoms with E-state index in [4.69, 9.17) is 9.26 Å². The van der Waals surface area contributed by atoms with E-state index < -0.39 is 0 Å². The van der Waals surface area contributed by atoms with E-state index in [2.05, 4.69) is 25.8 Å². The summed E-state index contributed by atoms with van der Waals surface area (Å²) in [6.45, 7) is 4.92. The number of rotatable bonds is 6. The van der Waals surface area contributed by atoms with Crippen LogP contribution in [0.3, 0.4) is 0 Å². The zero-order chi connectivity index (χ0) is 13.7. The third-order valence-corrected chi connectivity index (χ3v) is 2.81. The molecule has 0 spiro atoms. The monoisotopic (exact) mass is 267 g/mol. The molecule has 1 aromatic heterocycles. The van der Waals surface area contributed by atoms with Crippen molar-refractivity contribution in [3.63, 3.8) is 0 Å². The zero-order valence-corrected chi connectivity index (χ0v) is 11.6. The molecule has 106 valence electrons. The lowest BCUT2D eigenvalue weighted by Crippen LogP contribution is -2.38. The van der Waals surface area contributed by atoms with Gasteiger partial charge in [-0.15, -0.1) is 0 Å². The van der Waals surface area contributed by atoms with Crippen LogP contribution in [0.15, 0.2) is 9.52 Å². The van der Waals surface area contributed by atoms with Gasteiger partial charge in [0, 0.05) is 19.7 Å². The molecule has 1 atom stereocenters. The van der Waals surface area contributed by atoms with Gasteiger partial charge in [0.1, 0.15) is 6.10 Å². The molecule has 1 fully saturated rings. The number of hydrogen-bond donors (Lipinski definition) is 2. The van der Waals surface area contributed by atoms with Crippen molar-refractivity contribution in [2.24, 2.45) is 4.99 Å². The summed E-state index contributed by atoms with van der Waals surface area (Å²) in [4.78, 5) is 8.42. The molecule has 19 heavy (non-hydrogen) atoms. The number of aliphatic imine (C=N–C) groups is 1. The van der Waals surface area contributed by atoms with Crippen molar-refractivity contribution in [2.45, 2.75) is 45.4 Å². The summed E-state index contributed by atoms with van der Waals surface area (Å²) in [5.41, 5.74) is 0. The predicted molar refractivity (Wildman–Crippen MR) is 70.7 cm³/mol. The van der Waals surface area contributed by atoms with Crippen molar-refractivity contribution in [1.29, 1.82) is 0 Å². The third kappa shape index (κ3) is 4.20. The van der Waals surface area contributed by atoms with Crippen molar-refractivity contribution in [2.75, 3.05) is 13.7 Å². The van der Waals surface area contributed by atoms with E-state index in [1.807, 2.05) is 13.8 Å². The summed E-state index contributed by atoms with van der Waals surface area (Å²) in [5, 5.41) is 10.3. The summed E-state index contributed by atoms with van der Waals surface area (Å²) in [7, 11) is 1.74. The van der Waals surface area contributed by atoms with Crippen molar-refractivity contribution in [3.05, 3.63) is 11.7 Å². The van der Waals surface area contributed by atoms with Gasteiger partial charge in [-0.05, 0) is 26.7 Å². The van der Waals surface area contributed by atoms with E-state index in [9.17, 15) is 0 Å². The normalized spacial score (nSPS) is 17.3. The highest BCUT2D eigenvalue weighted by molar-refractivity contribution is 5.80. The Morgan fingerprint density at radius 3 is 3.00 bits per heavy atom. The first kappa shape index (κ1) is 13.8. The molecule has 1 aliphatic rings. The summed E-state index contributed by atoms with van der Waals surface area (Å²) >= 11 is 0. The predicted octanol–water partition coefficient (Wildman–Crippen LogP) is 0.994. The molecule has 1 saturated carbocycles. The van der Waals surface area contributed by atoms with Gasteiger partial charge < -0.3 is 19.9 Å². The fourth-order valence-electron chi connectivity index (χ4n) is 1.60. The Labute approximate surface area is 112 Å². The Kier molecular flexibility index (Phi) is 4.73. The highest BCUT2D eigenvalue weighted by Gasteiger charge is 2.22. The van der Waals surface area contributed by atoms with Crippen molar-refractivity contribution >= 4 is 5.96 Å². The van der Waals surface area contributed by atoms with Crippen molar-refractivity contribution < 1.29 is 9.26 Å². The molecule has 0 aliphatic heterocycles. The number of ether oxygens (including phenoxy) is 1. The Morgan fingerprint density at radius 2 is 2.37 bits per heavy atom. The molecule has 0 saturated heterocycles. The first-order valence-electron chi connectivity index (χ1n) is 6.64. The number of nitrogens with one attached hydrogen (secondary N) is 2. The minimum Gasteiger partial charge on any atom is -0.371 e. The SMILES string of the molecule is CCOC(C)c1noc(CNC(=NC)NC2CC2)n1. The first-order chi connectivity index (χ1) is 9.22. The molecule has 7 heteroatoms. The van der Waals surface area contributed by atoms with Crippen molar-refractivity contribution in [1.82, 2.24) is 20.8 Å². The molecule has 1 aromatic rings. The van der Waals surface area contributed by atoms with Crippen LogP contribution in [0, 0.1) is 0 Å². The average Bonchev–Trinajstić information content (AvgIpc) is 3.10. The van der Waals surface area contributed by atoms with E-state index in [1.54, 1.807) is 7.05 Å². The van der Waals surface area contributed by atoms with Gasteiger partial charge in [0.05, 0.1) is 6.54 Å². The van der Waals surface area contributed by atoms with E-state index in [-0.39, 0.29) is 6.10 Å². The molecule has 0 radical (unpaired) electrons. The Bertz CT molecular complexity index is 428. The van der Waals surface area contributed by atoms with E-state index in [0.717, 1.165) is 5.96 Å². The van der Waals surface area contributed by atoms with Gasteiger partial charge in [0.25, 0.3) is 0 Å². The van der Waals surface area contributed by atoms with Crippen LogP contribution in [0.5, 0.6) is 0 Å². The van der Waals surface area contributed by atoms with Gasteiger partial charge in [-0.3, -0.25) is 4.99 Å². The summed E-state index contributed by atoms with van der Waals surface area (Å²) in [5.74, 6) is 1.86. The molecule has 1 unspecified atom stereocenters. The Hall–Kier alpha value is -1.63. The maximum atomic E-state index is 5.41. The fourth-order valence-corrected chi connectivity index (χ4v) is 1.60. The van der Waals surface area contributed by atoms with Crippen LogP contribution in [-0.4, -0.2) is 35.8 Å². The first-order valence-corrected chi connectivity index (χ1v) is 6.64. The number of guanidine groups is 1. The van der Waals surface area contributed by atoms with Crippen LogP contribution in [0.2, 0.25) is 0 Å². The second-order valence-electron chi connectivity index (χ2n) is 4.49. The van der Waals surface area contributed by atoms with E-state index in [1.165, 1.54) is 12.8 Å². The lowest BCUT2D eigenvalue weighted by atomic mass is 10.4. The average molecular weight is 267 g/mol. The van der Waals surface area contributed by atoms with Crippen LogP contribution in [-0.2, 0) is 11.3 Å². The third-order valence-electron chi connectivity index (χ3n) is 2.81. The van der Waals surface area contributed by atoms with Crippen LogP contribution in [0.25, 0.3) is 0 Å². The highest BCUT2D eigenvalue weighted by Crippen LogP contribution is 2.18. The molecule has 2 N–H and O–H groups in total. The van der Waals surface area contributed by atoms with Gasteiger partial charge >= 0.3 is 0 Å². The van der Waals surface area contributed by atoms with Gasteiger partial charge in [-0.2, -0.15) is 4.98 Å². The van der Waals surface area contributed by atoms with Crippen LogP contribution >= 0.6 is 0 Å². The highest BCUT2D eigenvalue weighted by atomic mass is 16.5. The summed E-state index contributed by atoms with van der Waals surface area (Å²) in [6, 6.07) is 0.558. The van der Waals surface area contributed by atoms with Gasteiger partial charge in [-0.25, -0.2) is 0 Å². The second-order valence-corrected chi connectivity index (χ2v) is 4.49. The topological polar surface area (TPSA) is 84.6 Å². The van der Waals surface area contributed by atoms with Gasteiger partial charge in [0.15, 0.2) is 11.8 Å². The maximum absolute atomic E-state index is 5.41. The number of nitrogens with zero attached hydrogens (tertiary/aromatic N) is 3. The zero-order valence-electron chi connectivity index (χ0n) is 11.6. The van der Waals surface area contributed by atoms with E-state index >= 15 is 0 Å². The molecular formula is C12H21N5O2. The summed E-state index contributed by atoms with van der Waals surface area (Å²) in [6.07, 6.45) is 2.26. The molecule has 1 aliphatic carbocycles. The molecular weight excluding hydrogens is 246 g/mol. The Balaban J connectivity index is 1.81. The van der Waals surface area contributed by atoms with Gasteiger partial charge in [-0.1, -0.05) is 5.16 Å². The second kappa shape index (κ2) is 6.51. The number of aromatic nitrogens is 2. The van der Waals surface area contributed by atoms with Crippen LogP contribution < -0.4 is 10.6 Å². The lowest BCUT2D eigenvalue weighted by Gasteiger charge is -2.08. The van der Waals surface area contributed by atoms with Crippen molar-refractivity contribution in [3.8, 4) is 0 Å². The van der Waals surface area contributed by atoms with Gasteiger partial charge in [0.2, 0.25) is 5.89 Å². The smallest absolute Gasteiger partial charge is 0.246 e. The Morgan fingerprint density at radius 1 is 1.58 bits per heavy atom. The molecule has 2 rings (SSSR count). The van der Waals surface area contributed by atoms with Crippen LogP contribution in [0.4, 0.5) is 0 Å². The number of hydrogen-bond acceptors (Lipinski definition) is 5. The largest absolute Gasteiger partial charge is 0.371 e. The minimum absolute atomic E-state index is 0.147. The quantitative estimate of drug-likeness (QED) is 0.591. The standard InChI is InChI=1S/C12H21N5O2/c1-4-18-8(2)11-16-10(19-17-11)7-14-12(13-3)15-9-5-6-9/h8-9H,4-7H2,1-3H3,(H2,13,14,15). The molecule has 7 nitrogen and oxygen atoms in total. The molecule has 0 bridgehead atoms. The maximum Gasteiger partial charge on any atom is 0.246 e. The lowest BCUT2D eigenvalue weighted by molar-refractivity contribution is 0.0683. The molecule has 0 amide bonds. The molecule has 1 heterocycles. The minimum atomic E-state index is -0.147. The van der Waals surface area contributed by atoms with Crippen LogP contribution in [0.1, 0.15) is 44.5 Å². The fraction of sp³-hybridized carbons (Fsp3) is 0.750. The molecule has 0 aromatic carbocycles. The van der Waals surface area contributed by atoms with E-state index in [0.29, 0.717) is 30.9 Å². The summed E-state index contributed by atoms with van der Waals surface area (Å²) < 4.78 is 10.6.